The van der Waals surface area contributed by atoms with Gasteiger partial charge in [0.15, 0.2) is 0 Å². The van der Waals surface area contributed by atoms with Gasteiger partial charge in [-0.25, -0.2) is 4.39 Å². The van der Waals surface area contributed by atoms with Crippen molar-refractivity contribution in [1.29, 1.82) is 0 Å². The number of hydrogen-bond donors (Lipinski definition) is 2. The zero-order valence-corrected chi connectivity index (χ0v) is 6.79. The smallest absolute Gasteiger partial charge is 0.129 e. The lowest BCUT2D eigenvalue weighted by atomic mass is 9.97. The molecule has 1 atom stereocenters. The molecule has 3 heteroatoms. The Balaban J connectivity index is 3.10. The molecule has 2 N–H and O–H groups in total. The summed E-state index contributed by atoms with van der Waals surface area (Å²) in [7, 11) is 0. The van der Waals surface area contributed by atoms with Crippen molar-refractivity contribution in [2.75, 3.05) is 6.61 Å². The molecule has 0 radical (unpaired) electrons. The normalized spacial score (nSPS) is 15.7. The van der Waals surface area contributed by atoms with Crippen molar-refractivity contribution >= 4 is 0 Å². The average Bonchev–Trinajstić information content (AvgIpc) is 2.05. The molecule has 0 aromatic heterocycles. The van der Waals surface area contributed by atoms with Gasteiger partial charge in [-0.2, -0.15) is 0 Å². The highest BCUT2D eigenvalue weighted by Gasteiger charge is 2.24. The lowest BCUT2D eigenvalue weighted by Crippen LogP contribution is -2.27. The fourth-order valence-electron chi connectivity index (χ4n) is 0.983. The van der Waals surface area contributed by atoms with Crippen molar-refractivity contribution < 1.29 is 14.6 Å². The minimum absolute atomic E-state index is 0.118. The van der Waals surface area contributed by atoms with E-state index in [0.717, 1.165) is 0 Å². The highest BCUT2D eigenvalue weighted by Crippen LogP contribution is 2.21. The summed E-state index contributed by atoms with van der Waals surface area (Å²) in [5.74, 6) is -0.503. The summed E-state index contributed by atoms with van der Waals surface area (Å²) in [5.41, 5.74) is -1.38. The summed E-state index contributed by atoms with van der Waals surface area (Å²) in [4.78, 5) is 0. The van der Waals surface area contributed by atoms with Gasteiger partial charge in [0.25, 0.3) is 0 Å². The maximum Gasteiger partial charge on any atom is 0.129 e. The Morgan fingerprint density at radius 3 is 2.50 bits per heavy atom. The Morgan fingerprint density at radius 1 is 1.42 bits per heavy atom. The summed E-state index contributed by atoms with van der Waals surface area (Å²) in [5, 5.41) is 18.2. The first-order valence-electron chi connectivity index (χ1n) is 3.66. The van der Waals surface area contributed by atoms with Crippen molar-refractivity contribution in [3.05, 3.63) is 35.6 Å². The van der Waals surface area contributed by atoms with E-state index in [2.05, 4.69) is 0 Å². The van der Waals surface area contributed by atoms with Crippen LogP contribution < -0.4 is 0 Å². The highest BCUT2D eigenvalue weighted by molar-refractivity contribution is 5.23. The third-order valence-corrected chi connectivity index (χ3v) is 1.76. The Kier molecular flexibility index (Phi) is 2.45. The van der Waals surface area contributed by atoms with Crippen LogP contribution >= 0.6 is 0 Å². The van der Waals surface area contributed by atoms with Crippen molar-refractivity contribution in [2.24, 2.45) is 0 Å². The molecule has 0 aliphatic heterocycles. The number of aliphatic hydroxyl groups is 2. The minimum Gasteiger partial charge on any atom is -0.393 e. The average molecular weight is 170 g/mol. The fourth-order valence-corrected chi connectivity index (χ4v) is 0.983. The lowest BCUT2D eigenvalue weighted by molar-refractivity contribution is -0.00506. The molecule has 0 fully saturated rings. The third kappa shape index (κ3) is 1.62. The van der Waals surface area contributed by atoms with E-state index in [1.807, 2.05) is 0 Å². The molecular formula is C9H11FO2. The Bertz CT molecular complexity index is 271. The quantitative estimate of drug-likeness (QED) is 0.695. The second kappa shape index (κ2) is 3.21. The topological polar surface area (TPSA) is 40.5 Å². The molecule has 0 amide bonds. The molecule has 12 heavy (non-hydrogen) atoms. The van der Waals surface area contributed by atoms with Crippen molar-refractivity contribution in [1.82, 2.24) is 0 Å². The molecule has 0 heterocycles. The van der Waals surface area contributed by atoms with E-state index in [1.54, 1.807) is 6.07 Å². The molecule has 1 aromatic rings. The minimum atomic E-state index is -1.49. The summed E-state index contributed by atoms with van der Waals surface area (Å²) in [6, 6.07) is 5.85. The standard InChI is InChI=1S/C9H11FO2/c1-9(12,6-11)7-4-2-3-5-8(7)10/h2-5,11-12H,6H2,1H3/t9-/m1/s1. The van der Waals surface area contributed by atoms with E-state index in [0.29, 0.717) is 0 Å². The molecule has 0 spiro atoms. The van der Waals surface area contributed by atoms with E-state index in [4.69, 9.17) is 5.11 Å². The van der Waals surface area contributed by atoms with Crippen LogP contribution in [-0.2, 0) is 5.60 Å². The van der Waals surface area contributed by atoms with Crippen LogP contribution in [0.3, 0.4) is 0 Å². The van der Waals surface area contributed by atoms with Crippen molar-refractivity contribution in [3.8, 4) is 0 Å². The molecule has 0 saturated carbocycles. The van der Waals surface area contributed by atoms with Gasteiger partial charge >= 0.3 is 0 Å². The monoisotopic (exact) mass is 170 g/mol. The number of hydrogen-bond acceptors (Lipinski definition) is 2. The molecule has 66 valence electrons. The van der Waals surface area contributed by atoms with E-state index in [1.165, 1.54) is 25.1 Å². The van der Waals surface area contributed by atoms with Gasteiger partial charge in [-0.15, -0.1) is 0 Å². The molecule has 0 aliphatic rings. The zero-order valence-electron chi connectivity index (χ0n) is 6.79. The van der Waals surface area contributed by atoms with Gasteiger partial charge in [-0.1, -0.05) is 18.2 Å². The SMILES string of the molecule is C[C@@](O)(CO)c1ccccc1F. The maximum absolute atomic E-state index is 13.0. The number of rotatable bonds is 2. The first-order chi connectivity index (χ1) is 5.58. The Labute approximate surface area is 70.3 Å². The van der Waals surface area contributed by atoms with Crippen LogP contribution in [0.25, 0.3) is 0 Å². The lowest BCUT2D eigenvalue weighted by Gasteiger charge is -2.20. The van der Waals surface area contributed by atoms with Crippen LogP contribution in [0.15, 0.2) is 24.3 Å². The van der Waals surface area contributed by atoms with Crippen LogP contribution in [0.4, 0.5) is 4.39 Å². The fraction of sp³-hybridized carbons (Fsp3) is 0.333. The predicted octanol–water partition coefficient (Wildman–Crippen LogP) is 1.03. The van der Waals surface area contributed by atoms with Gasteiger partial charge in [0.1, 0.15) is 11.4 Å². The second-order valence-electron chi connectivity index (χ2n) is 2.91. The Hall–Kier alpha value is -0.930. The molecule has 1 rings (SSSR count). The van der Waals surface area contributed by atoms with Crippen LogP contribution in [0.1, 0.15) is 12.5 Å². The first kappa shape index (κ1) is 9.16. The van der Waals surface area contributed by atoms with Crippen LogP contribution in [0, 0.1) is 5.82 Å². The molecule has 0 saturated heterocycles. The van der Waals surface area contributed by atoms with E-state index in [-0.39, 0.29) is 5.56 Å². The summed E-state index contributed by atoms with van der Waals surface area (Å²) >= 11 is 0. The van der Waals surface area contributed by atoms with E-state index < -0.39 is 18.0 Å². The van der Waals surface area contributed by atoms with Gasteiger partial charge in [-0.3, -0.25) is 0 Å². The number of aliphatic hydroxyl groups excluding tert-OH is 1. The number of halogens is 1. The van der Waals surface area contributed by atoms with Gasteiger partial charge < -0.3 is 10.2 Å². The van der Waals surface area contributed by atoms with Gasteiger partial charge in [-0.05, 0) is 13.0 Å². The van der Waals surface area contributed by atoms with Gasteiger partial charge in [0, 0.05) is 5.56 Å². The molecular weight excluding hydrogens is 159 g/mol. The molecule has 2 nitrogen and oxygen atoms in total. The molecule has 0 bridgehead atoms. The largest absolute Gasteiger partial charge is 0.393 e. The third-order valence-electron chi connectivity index (χ3n) is 1.76. The Morgan fingerprint density at radius 2 is 2.00 bits per heavy atom. The zero-order chi connectivity index (χ0) is 9.19. The van der Waals surface area contributed by atoms with E-state index in [9.17, 15) is 9.50 Å². The number of benzene rings is 1. The molecule has 0 aliphatic carbocycles. The molecule has 0 unspecified atom stereocenters. The van der Waals surface area contributed by atoms with Crippen LogP contribution in [0.5, 0.6) is 0 Å². The van der Waals surface area contributed by atoms with E-state index >= 15 is 0 Å². The highest BCUT2D eigenvalue weighted by atomic mass is 19.1. The summed E-state index contributed by atoms with van der Waals surface area (Å²) in [6.45, 7) is 0.874. The summed E-state index contributed by atoms with van der Waals surface area (Å²) in [6.07, 6.45) is 0. The summed E-state index contributed by atoms with van der Waals surface area (Å²) < 4.78 is 13.0. The van der Waals surface area contributed by atoms with Crippen LogP contribution in [-0.4, -0.2) is 16.8 Å². The van der Waals surface area contributed by atoms with Crippen molar-refractivity contribution in [2.45, 2.75) is 12.5 Å². The van der Waals surface area contributed by atoms with Crippen LogP contribution in [0.2, 0.25) is 0 Å². The first-order valence-corrected chi connectivity index (χ1v) is 3.66. The maximum atomic E-state index is 13.0. The van der Waals surface area contributed by atoms with Crippen molar-refractivity contribution in [3.63, 3.8) is 0 Å². The second-order valence-corrected chi connectivity index (χ2v) is 2.91. The predicted molar refractivity (Wildman–Crippen MR) is 43.1 cm³/mol. The molecule has 1 aromatic carbocycles. The van der Waals surface area contributed by atoms with Gasteiger partial charge in [0.2, 0.25) is 0 Å². The van der Waals surface area contributed by atoms with Gasteiger partial charge in [0.05, 0.1) is 6.61 Å².